The third-order valence-electron chi connectivity index (χ3n) is 11.1. The van der Waals surface area contributed by atoms with E-state index in [1.807, 2.05) is 94.8 Å². The van der Waals surface area contributed by atoms with E-state index >= 15 is 0 Å². The van der Waals surface area contributed by atoms with Gasteiger partial charge in [-0.1, -0.05) is 83.1 Å². The van der Waals surface area contributed by atoms with Crippen LogP contribution < -0.4 is 21.3 Å². The number of para-hydroxylation sites is 1. The lowest BCUT2D eigenvalue weighted by atomic mass is 9.88. The summed E-state index contributed by atoms with van der Waals surface area (Å²) in [7, 11) is 3.52. The number of hydrogen-bond donors (Lipinski definition) is 3. The minimum absolute atomic E-state index is 0.0194. The van der Waals surface area contributed by atoms with Gasteiger partial charge in [0.1, 0.15) is 5.69 Å². The molecule has 342 valence electrons. The van der Waals surface area contributed by atoms with Crippen LogP contribution in [0.4, 0.5) is 5.69 Å². The number of ether oxygens (including phenoxy) is 2. The molecule has 2 heterocycles. The van der Waals surface area contributed by atoms with Gasteiger partial charge in [-0.05, 0) is 99.1 Å². The molecule has 2 aromatic carbocycles. The van der Waals surface area contributed by atoms with Gasteiger partial charge in [-0.3, -0.25) is 19.2 Å². The molecule has 0 bridgehead atoms. The number of carbonyl (C=O) groups is 4. The summed E-state index contributed by atoms with van der Waals surface area (Å²) in [6, 6.07) is 15.9. The lowest BCUT2D eigenvalue weighted by molar-refractivity contribution is -0.132. The van der Waals surface area contributed by atoms with Crippen molar-refractivity contribution in [3.8, 4) is 22.5 Å². The largest absolute Gasteiger partial charge is 0.375 e. The van der Waals surface area contributed by atoms with Crippen LogP contribution in [0.1, 0.15) is 126 Å². The van der Waals surface area contributed by atoms with Gasteiger partial charge in [0.25, 0.3) is 0 Å². The molecule has 4 N–H and O–H groups in total. The van der Waals surface area contributed by atoms with Crippen molar-refractivity contribution in [2.45, 2.75) is 156 Å². The van der Waals surface area contributed by atoms with Gasteiger partial charge in [-0.15, -0.1) is 5.10 Å². The SMILES string of the molecule is CC(C)NC(=O)C(C)(C)CCOC(C)(C)CCn1nnc2c1-c1ccccc1CN(C(=O)CCC(=O)NC(C)(C)CCOC(C)(C)CCSSCCCC(N)=O)c1ccccc1-2. The number of nitrogens with one attached hydrogen (secondary N) is 2. The van der Waals surface area contributed by atoms with Gasteiger partial charge in [-0.25, -0.2) is 4.68 Å². The summed E-state index contributed by atoms with van der Waals surface area (Å²) in [4.78, 5) is 52.9. The first-order valence-corrected chi connectivity index (χ1v) is 24.4. The summed E-state index contributed by atoms with van der Waals surface area (Å²) in [6.45, 7) is 21.8. The van der Waals surface area contributed by atoms with Crippen molar-refractivity contribution in [3.05, 3.63) is 54.1 Å². The van der Waals surface area contributed by atoms with Crippen molar-refractivity contribution in [2.75, 3.05) is 29.6 Å². The first-order chi connectivity index (χ1) is 29.1. The molecule has 4 amide bonds. The fourth-order valence-electron chi connectivity index (χ4n) is 7.02. The standard InChI is InChI=1S/C47H71N7O6S2/c1-33(2)49-43(58)44(3,4)24-28-59-46(7,8)23-27-54-42-35-17-12-11-16-34(35)32-53(37-19-14-13-18-36(37)41(42)51-52-54)40(57)22-21-39(56)50-45(5,6)25-29-60-47(9,10)26-31-62-61-30-15-20-38(48)55/h11-14,16-19,33H,15,20-32H2,1-10H3,(H2,48,55)(H,49,58)(H,50,56). The fraction of sp³-hybridized carbons (Fsp3) is 0.617. The van der Waals surface area contributed by atoms with Crippen molar-refractivity contribution in [2.24, 2.45) is 11.1 Å². The number of rotatable bonds is 25. The van der Waals surface area contributed by atoms with E-state index in [0.29, 0.717) is 63.4 Å². The van der Waals surface area contributed by atoms with E-state index in [9.17, 15) is 19.2 Å². The minimum Gasteiger partial charge on any atom is -0.375 e. The van der Waals surface area contributed by atoms with Crippen LogP contribution in [0.25, 0.3) is 22.5 Å². The topological polar surface area (TPSA) is 171 Å². The molecule has 62 heavy (non-hydrogen) atoms. The molecule has 0 radical (unpaired) electrons. The minimum atomic E-state index is -0.553. The zero-order valence-electron chi connectivity index (χ0n) is 38.7. The molecule has 0 spiro atoms. The lowest BCUT2D eigenvalue weighted by Gasteiger charge is -2.31. The Kier molecular flexibility index (Phi) is 18.5. The molecule has 1 aromatic heterocycles. The Hall–Kier alpha value is -3.92. The van der Waals surface area contributed by atoms with E-state index in [0.717, 1.165) is 46.7 Å². The predicted octanol–water partition coefficient (Wildman–Crippen LogP) is 8.48. The number of anilines is 1. The molecule has 0 unspecified atom stereocenters. The number of benzene rings is 2. The van der Waals surface area contributed by atoms with Gasteiger partial charge in [0, 0.05) is 78.6 Å². The number of fused-ring (bicyclic) bond motifs is 5. The van der Waals surface area contributed by atoms with Crippen molar-refractivity contribution in [1.82, 2.24) is 25.6 Å². The fourth-order valence-corrected chi connectivity index (χ4v) is 9.40. The molecule has 0 saturated heterocycles. The van der Waals surface area contributed by atoms with Crippen LogP contribution >= 0.6 is 21.6 Å². The Morgan fingerprint density at radius 1 is 0.790 bits per heavy atom. The Balaban J connectivity index is 1.37. The van der Waals surface area contributed by atoms with Crippen LogP contribution in [0.15, 0.2) is 48.5 Å². The molecular weight excluding hydrogens is 823 g/mol. The monoisotopic (exact) mass is 893 g/mol. The van der Waals surface area contributed by atoms with Crippen LogP contribution in [0.5, 0.6) is 0 Å². The van der Waals surface area contributed by atoms with Crippen LogP contribution in [0.2, 0.25) is 0 Å². The van der Waals surface area contributed by atoms with Crippen LogP contribution in [0.3, 0.4) is 0 Å². The van der Waals surface area contributed by atoms with Gasteiger partial charge in [0.05, 0.1) is 29.1 Å². The number of aromatic nitrogens is 3. The second-order valence-electron chi connectivity index (χ2n) is 19.0. The summed E-state index contributed by atoms with van der Waals surface area (Å²) in [6.07, 6.45) is 4.02. The van der Waals surface area contributed by atoms with Gasteiger partial charge in [-0.2, -0.15) is 0 Å². The van der Waals surface area contributed by atoms with Crippen LogP contribution in [-0.4, -0.2) is 86.1 Å². The third kappa shape index (κ3) is 15.7. The molecule has 1 aliphatic heterocycles. The molecule has 13 nitrogen and oxygen atoms in total. The zero-order chi connectivity index (χ0) is 45.7. The van der Waals surface area contributed by atoms with Gasteiger partial charge in [0.15, 0.2) is 0 Å². The highest BCUT2D eigenvalue weighted by Crippen LogP contribution is 2.41. The third-order valence-corrected chi connectivity index (χ3v) is 13.5. The first-order valence-electron chi connectivity index (χ1n) is 21.9. The molecule has 15 heteroatoms. The average molecular weight is 894 g/mol. The Morgan fingerprint density at radius 2 is 1.42 bits per heavy atom. The van der Waals surface area contributed by atoms with Crippen molar-refractivity contribution in [3.63, 3.8) is 0 Å². The summed E-state index contributed by atoms with van der Waals surface area (Å²) in [5.74, 6) is 1.22. The summed E-state index contributed by atoms with van der Waals surface area (Å²) in [5, 5.41) is 15.5. The predicted molar refractivity (Wildman–Crippen MR) is 252 cm³/mol. The maximum absolute atomic E-state index is 14.2. The number of nitrogens with zero attached hydrogens (tertiary/aromatic N) is 4. The van der Waals surface area contributed by atoms with Gasteiger partial charge in [0.2, 0.25) is 23.6 Å². The second kappa shape index (κ2) is 22.6. The van der Waals surface area contributed by atoms with Crippen LogP contribution in [0, 0.1) is 5.41 Å². The average Bonchev–Trinajstić information content (AvgIpc) is 3.59. The van der Waals surface area contributed by atoms with E-state index in [-0.39, 0.29) is 48.1 Å². The number of hydrogen-bond acceptors (Lipinski definition) is 10. The molecule has 0 fully saturated rings. The van der Waals surface area contributed by atoms with E-state index in [2.05, 4.69) is 43.5 Å². The Labute approximate surface area is 377 Å². The van der Waals surface area contributed by atoms with Crippen LogP contribution in [-0.2, 0) is 41.7 Å². The molecular formula is C47H71N7O6S2. The normalized spacial score (nSPS) is 13.2. The molecule has 0 saturated carbocycles. The second-order valence-corrected chi connectivity index (χ2v) is 21.7. The molecule has 3 aromatic rings. The van der Waals surface area contributed by atoms with Gasteiger partial charge >= 0.3 is 0 Å². The molecule has 4 rings (SSSR count). The Morgan fingerprint density at radius 3 is 2.11 bits per heavy atom. The highest BCUT2D eigenvalue weighted by atomic mass is 33.1. The number of amides is 4. The van der Waals surface area contributed by atoms with E-state index < -0.39 is 16.6 Å². The smallest absolute Gasteiger partial charge is 0.227 e. The molecule has 0 atom stereocenters. The Bertz CT molecular complexity index is 1980. The lowest BCUT2D eigenvalue weighted by Crippen LogP contribution is -2.45. The highest BCUT2D eigenvalue weighted by molar-refractivity contribution is 8.76. The summed E-state index contributed by atoms with van der Waals surface area (Å²) in [5.41, 5.74) is 8.28. The molecule has 1 aliphatic rings. The summed E-state index contributed by atoms with van der Waals surface area (Å²) >= 11 is 0. The highest BCUT2D eigenvalue weighted by Gasteiger charge is 2.32. The number of nitrogens with two attached hydrogens (primary N) is 1. The van der Waals surface area contributed by atoms with Gasteiger partial charge < -0.3 is 30.7 Å². The number of primary amides is 1. The van der Waals surface area contributed by atoms with E-state index in [1.165, 1.54) is 0 Å². The van der Waals surface area contributed by atoms with E-state index in [4.69, 9.17) is 20.3 Å². The van der Waals surface area contributed by atoms with Crippen molar-refractivity contribution < 1.29 is 28.7 Å². The number of aryl methyl sites for hydroxylation is 1. The zero-order valence-corrected chi connectivity index (χ0v) is 40.4. The quantitative estimate of drug-likeness (QED) is 0.0554. The maximum atomic E-state index is 14.2. The first kappa shape index (κ1) is 50.7. The van der Waals surface area contributed by atoms with Crippen molar-refractivity contribution in [1.29, 1.82) is 0 Å². The number of carbonyl (C=O) groups excluding carboxylic acids is 4. The van der Waals surface area contributed by atoms with E-state index in [1.54, 1.807) is 26.5 Å². The summed E-state index contributed by atoms with van der Waals surface area (Å²) < 4.78 is 14.5. The molecule has 0 aliphatic carbocycles. The maximum Gasteiger partial charge on any atom is 0.227 e. The van der Waals surface area contributed by atoms with Crippen molar-refractivity contribution >= 4 is 50.9 Å².